The molecule has 0 fully saturated rings. The van der Waals surface area contributed by atoms with E-state index in [2.05, 4.69) is 141 Å². The Morgan fingerprint density at radius 2 is 0.969 bits per heavy atom. The predicted octanol–water partition coefficient (Wildman–Crippen LogP) is 9.90. The van der Waals surface area contributed by atoms with Crippen molar-refractivity contribution in [2.75, 3.05) is 0 Å². The Hall–Kier alpha value is -2.73. The molecule has 0 nitrogen and oxygen atoms in total. The van der Waals surface area contributed by atoms with E-state index in [-0.39, 0.29) is 57.8 Å². The van der Waals surface area contributed by atoms with Crippen molar-refractivity contribution in [1.29, 1.82) is 0 Å². The molecule has 0 radical (unpaired) electrons. The molecule has 9 heteroatoms. The van der Waals surface area contributed by atoms with Gasteiger partial charge in [0.05, 0.1) is 0 Å². The van der Waals surface area contributed by atoms with E-state index in [0.717, 1.165) is 33.9 Å². The first-order valence-electron chi connectivity index (χ1n) is 22.1. The van der Waals surface area contributed by atoms with Crippen molar-refractivity contribution in [3.63, 3.8) is 0 Å². The number of benzene rings is 4. The molecule has 0 saturated heterocycles. The molecule has 2 aliphatic carbocycles. The number of fused-ring (bicyclic) bond motifs is 3. The molecular formula is C55H66Cl2F6Zr. The van der Waals surface area contributed by atoms with Gasteiger partial charge in [0.2, 0.25) is 0 Å². The Kier molecular flexibility index (Phi) is 15.2. The second-order valence-corrected chi connectivity index (χ2v) is 28.5. The number of allylic oxidation sites excluding steroid dienone is 4. The first-order valence-corrected chi connectivity index (χ1v) is 25.8. The summed E-state index contributed by atoms with van der Waals surface area (Å²) in [6.45, 7) is 36.0. The third-order valence-corrected chi connectivity index (χ3v) is 20.6. The van der Waals surface area contributed by atoms with E-state index in [9.17, 15) is 26.3 Å². The molecule has 0 heterocycles. The zero-order chi connectivity index (χ0) is 46.5. The average molecular weight is 1000 g/mol. The van der Waals surface area contributed by atoms with Crippen LogP contribution in [0, 0.1) is 11.3 Å². The molecule has 1 unspecified atom stereocenters. The molecule has 0 aliphatic heterocycles. The Bertz CT molecular complexity index is 2420. The fourth-order valence-corrected chi connectivity index (χ4v) is 19.3. The van der Waals surface area contributed by atoms with Crippen LogP contribution in [0.1, 0.15) is 173 Å². The molecule has 4 aromatic carbocycles. The molecule has 0 aromatic heterocycles. The van der Waals surface area contributed by atoms with Crippen LogP contribution < -0.4 is 28.1 Å². The standard InChI is InChI=1S/C29H41.C15H8F6.C11H17.2ClH.Zr/c1-26(2,3)22-14-18-13-19-15-23(27(4,5)6)25(29(10,11)12)17-21(19)20(18)16-24(22)28(7,8)9;16-14(17,18)12-5-1-10(2-6-12)9-11-3-7-13(8-4-11)15(19,20)21;1-5-9-6-7-10(8-9)11(2,3)4;;;/h14,16-17H,13H2,1-12H3;1-8H;7-9H,5H2,1-4H3;2*1H;/q;;;;;+2/p-2. The van der Waals surface area contributed by atoms with Crippen molar-refractivity contribution < 1.29 is 72.4 Å². The minimum atomic E-state index is -4.55. The van der Waals surface area contributed by atoms with Gasteiger partial charge >= 0.3 is 378 Å². The fraction of sp³-hybridized carbons (Fsp3) is 0.473. The fourth-order valence-electron chi connectivity index (χ4n) is 9.48. The topological polar surface area (TPSA) is 0 Å². The van der Waals surface area contributed by atoms with Crippen molar-refractivity contribution in [1.82, 2.24) is 0 Å². The van der Waals surface area contributed by atoms with Gasteiger partial charge in [0.25, 0.3) is 0 Å². The van der Waals surface area contributed by atoms with E-state index in [1.165, 1.54) is 56.6 Å². The van der Waals surface area contributed by atoms with Crippen molar-refractivity contribution in [3.8, 4) is 11.1 Å². The van der Waals surface area contributed by atoms with Gasteiger partial charge in [-0.25, -0.2) is 0 Å². The van der Waals surface area contributed by atoms with E-state index in [1.807, 2.05) is 0 Å². The molecule has 2 aliphatic rings. The summed E-state index contributed by atoms with van der Waals surface area (Å²) in [4.78, 5) is 0. The zero-order valence-electron chi connectivity index (χ0n) is 40.5. The maximum absolute atomic E-state index is 14.2. The van der Waals surface area contributed by atoms with Gasteiger partial charge in [0.15, 0.2) is 0 Å². The average Bonchev–Trinajstić information content (AvgIpc) is 3.72. The summed E-state index contributed by atoms with van der Waals surface area (Å²) in [7, 11) is 0. The number of halogens is 8. The van der Waals surface area contributed by atoms with Crippen molar-refractivity contribution >= 4 is 6.48 Å². The maximum atomic E-state index is 14.2. The molecule has 0 bridgehead atoms. The van der Waals surface area contributed by atoms with Crippen LogP contribution in [0.15, 0.2) is 87.7 Å². The molecule has 0 saturated carbocycles. The molecular weight excluding hydrogens is 937 g/mol. The third-order valence-electron chi connectivity index (χ3n) is 12.7. The molecule has 0 amide bonds. The first-order chi connectivity index (χ1) is 28.1. The predicted molar refractivity (Wildman–Crippen MR) is 245 cm³/mol. The Labute approximate surface area is 399 Å². The van der Waals surface area contributed by atoms with Gasteiger partial charge in [-0.05, 0) is 0 Å². The maximum Gasteiger partial charge on any atom is -1.00 e. The number of alkyl halides is 6. The zero-order valence-corrected chi connectivity index (χ0v) is 44.5. The van der Waals surface area contributed by atoms with Gasteiger partial charge in [-0.3, -0.25) is 0 Å². The summed E-state index contributed by atoms with van der Waals surface area (Å²) in [6.07, 6.45) is -2.81. The summed E-state index contributed by atoms with van der Waals surface area (Å²) < 4.78 is 88.9. The summed E-state index contributed by atoms with van der Waals surface area (Å²) in [5, 5.41) is 0. The normalized spacial score (nSPS) is 15.6. The Morgan fingerprint density at radius 1 is 0.547 bits per heavy atom. The molecule has 4 aromatic rings. The smallest absolute Gasteiger partial charge is 1.00 e. The van der Waals surface area contributed by atoms with Crippen LogP contribution in [-0.2, 0) is 61.7 Å². The van der Waals surface area contributed by atoms with Crippen LogP contribution in [0.4, 0.5) is 26.3 Å². The van der Waals surface area contributed by atoms with Gasteiger partial charge in [0, 0.05) is 0 Å². The van der Waals surface area contributed by atoms with Gasteiger partial charge in [-0.1, -0.05) is 0 Å². The van der Waals surface area contributed by atoms with Crippen LogP contribution in [0.2, 0.25) is 0 Å². The van der Waals surface area contributed by atoms with Crippen LogP contribution in [-0.4, -0.2) is 3.21 Å². The molecule has 64 heavy (non-hydrogen) atoms. The number of hydrogen-bond acceptors (Lipinski definition) is 0. The molecule has 0 spiro atoms. The quantitative estimate of drug-likeness (QED) is 0.154. The van der Waals surface area contributed by atoms with E-state index in [4.69, 9.17) is 0 Å². The van der Waals surface area contributed by atoms with Crippen LogP contribution in [0.25, 0.3) is 11.1 Å². The van der Waals surface area contributed by atoms with Gasteiger partial charge in [-0.15, -0.1) is 0 Å². The summed E-state index contributed by atoms with van der Waals surface area (Å²) in [6, 6.07) is 18.1. The van der Waals surface area contributed by atoms with E-state index >= 15 is 0 Å². The Morgan fingerprint density at radius 3 is 1.34 bits per heavy atom. The summed E-state index contributed by atoms with van der Waals surface area (Å²) in [5.74, 6) is 0.0584. The third kappa shape index (κ3) is 10.7. The second kappa shape index (κ2) is 18.1. The second-order valence-electron chi connectivity index (χ2n) is 22.8. The summed E-state index contributed by atoms with van der Waals surface area (Å²) in [5.41, 5.74) is 9.91. The van der Waals surface area contributed by atoms with Gasteiger partial charge in [-0.2, -0.15) is 0 Å². The summed E-state index contributed by atoms with van der Waals surface area (Å²) >= 11 is -3.82. The number of hydrogen-bond donors (Lipinski definition) is 0. The molecule has 1 atom stereocenters. The van der Waals surface area contributed by atoms with Gasteiger partial charge < -0.3 is 24.8 Å². The van der Waals surface area contributed by atoms with Crippen LogP contribution in [0.5, 0.6) is 0 Å². The van der Waals surface area contributed by atoms with Crippen molar-refractivity contribution in [3.05, 3.63) is 143 Å². The van der Waals surface area contributed by atoms with E-state index < -0.39 is 44.7 Å². The minimum Gasteiger partial charge on any atom is -1.00 e. The first kappa shape index (κ1) is 53.9. The molecule has 6 rings (SSSR count). The van der Waals surface area contributed by atoms with Crippen LogP contribution in [0.3, 0.4) is 0 Å². The molecule has 346 valence electrons. The van der Waals surface area contributed by atoms with Crippen molar-refractivity contribution in [2.24, 2.45) is 11.3 Å². The van der Waals surface area contributed by atoms with Gasteiger partial charge in [0.1, 0.15) is 0 Å². The minimum absolute atomic E-state index is 0. The van der Waals surface area contributed by atoms with E-state index in [1.54, 1.807) is 24.3 Å². The van der Waals surface area contributed by atoms with Crippen LogP contribution >= 0.6 is 0 Å². The largest absolute Gasteiger partial charge is 1.00 e. The van der Waals surface area contributed by atoms with E-state index in [0.29, 0.717) is 17.5 Å². The SMILES string of the molecule is CCC1C=C(C(C)(C)C)C=[C]1[Zr+2](=[C](c1ccc(C(F)(F)F)cc1)c1ccc(C(F)(F)F)cc1)[c]1c2c(cc(C(C)(C)C)c1C(C)(C)C)-c1cc(C(C)(C)C)c(C(C)(C)C)cc1C2.[Cl-].[Cl-]. The van der Waals surface area contributed by atoms with Crippen molar-refractivity contribution in [2.45, 2.75) is 158 Å². The monoisotopic (exact) mass is 1000 g/mol. The Balaban J connectivity index is 0.00000449. The number of rotatable bonds is 5. The molecule has 0 N–H and O–H groups in total.